The van der Waals surface area contributed by atoms with E-state index in [1.54, 1.807) is 6.07 Å². The number of hydrogen-bond donors (Lipinski definition) is 2. The molecule has 0 fully saturated rings. The Labute approximate surface area is 265 Å². The quantitative estimate of drug-likeness (QED) is 0.122. The summed E-state index contributed by atoms with van der Waals surface area (Å²) in [7, 11) is 0. The molecule has 0 spiro atoms. The van der Waals surface area contributed by atoms with Gasteiger partial charge in [0.15, 0.2) is 0 Å². The predicted octanol–water partition coefficient (Wildman–Crippen LogP) is 8.50. The first-order chi connectivity index (χ1) is 22.4. The Morgan fingerprint density at radius 3 is 2.10 bits per heavy atom. The molecule has 0 aliphatic rings. The number of halogens is 10. The largest absolute Gasteiger partial charge is 0.463 e. The Bertz CT molecular complexity index is 1790. The maximum Gasteiger partial charge on any atom is 0.461 e. The molecule has 6 nitrogen and oxygen atoms in total. The minimum Gasteiger partial charge on any atom is -0.463 e. The second kappa shape index (κ2) is 13.8. The van der Waals surface area contributed by atoms with Gasteiger partial charge < -0.3 is 15.2 Å². The highest BCUT2D eigenvalue weighted by Gasteiger charge is 2.45. The van der Waals surface area contributed by atoms with Crippen LogP contribution >= 0.6 is 0 Å². The van der Waals surface area contributed by atoms with Crippen LogP contribution in [0.15, 0.2) is 91.0 Å². The predicted molar refractivity (Wildman–Crippen MR) is 149 cm³/mol. The summed E-state index contributed by atoms with van der Waals surface area (Å²) in [6.45, 7) is -0.885. The van der Waals surface area contributed by atoms with Gasteiger partial charge in [0.2, 0.25) is 0 Å². The van der Waals surface area contributed by atoms with Crippen LogP contribution in [0.1, 0.15) is 38.2 Å². The van der Waals surface area contributed by atoms with Gasteiger partial charge in [0.05, 0.1) is 17.6 Å². The van der Waals surface area contributed by atoms with E-state index < -0.39 is 88.4 Å². The monoisotopic (exact) mass is 688 g/mol. The number of alkyl halides is 7. The molecule has 0 aromatic heterocycles. The highest BCUT2D eigenvalue weighted by molar-refractivity contribution is 5.95. The molecule has 0 bridgehead atoms. The van der Waals surface area contributed by atoms with Gasteiger partial charge in [0.1, 0.15) is 17.4 Å². The van der Waals surface area contributed by atoms with Crippen LogP contribution in [-0.2, 0) is 24.7 Å². The summed E-state index contributed by atoms with van der Waals surface area (Å²) >= 11 is 0. The summed E-state index contributed by atoms with van der Waals surface area (Å²) in [5.41, 5.74) is -5.10. The molecule has 0 heterocycles. The summed E-state index contributed by atoms with van der Waals surface area (Å²) in [6.07, 6.45) is -17.1. The van der Waals surface area contributed by atoms with Crippen LogP contribution < -0.4 is 10.1 Å². The number of nitrogens with zero attached hydrogens (tertiary/aromatic N) is 1. The molecule has 48 heavy (non-hydrogen) atoms. The van der Waals surface area contributed by atoms with Gasteiger partial charge in [-0.15, -0.1) is 5.12 Å². The molecule has 4 rings (SSSR count). The Hall–Kier alpha value is -5.28. The number of rotatable bonds is 11. The maximum absolute atomic E-state index is 15.1. The van der Waals surface area contributed by atoms with E-state index in [1.807, 2.05) is 0 Å². The molecule has 254 valence electrons. The first-order valence-electron chi connectivity index (χ1n) is 13.6. The second-order valence-electron chi connectivity index (χ2n) is 10.4. The SMILES string of the molecule is O=C(NC(Cc1ccccc1)(c1cccc(CN(F)C(=O)O)c1)c1cc(F)cc(OC(F)(F)C(F)F)c1)c1ccc(F)c(C(F)(F)F)c1. The van der Waals surface area contributed by atoms with Crippen molar-refractivity contribution in [2.45, 2.75) is 37.2 Å². The molecule has 16 heteroatoms. The topological polar surface area (TPSA) is 78.9 Å². The molecule has 2 N–H and O–H groups in total. The van der Waals surface area contributed by atoms with Crippen molar-refractivity contribution in [3.63, 3.8) is 0 Å². The normalized spacial score (nSPS) is 13.1. The lowest BCUT2D eigenvalue weighted by molar-refractivity contribution is -0.253. The van der Waals surface area contributed by atoms with Crippen LogP contribution in [0.25, 0.3) is 0 Å². The van der Waals surface area contributed by atoms with Crippen molar-refractivity contribution in [3.05, 3.63) is 136 Å². The molecule has 0 aliphatic heterocycles. The number of ether oxygens (including phenoxy) is 1. The van der Waals surface area contributed by atoms with Crippen molar-refractivity contribution in [2.75, 3.05) is 0 Å². The average Bonchev–Trinajstić information content (AvgIpc) is 3.00. The maximum atomic E-state index is 15.1. The summed E-state index contributed by atoms with van der Waals surface area (Å²) in [6, 6.07) is 15.6. The second-order valence-corrected chi connectivity index (χ2v) is 10.4. The summed E-state index contributed by atoms with van der Waals surface area (Å²) in [5.74, 6) is -5.51. The third-order valence-electron chi connectivity index (χ3n) is 6.99. The van der Waals surface area contributed by atoms with E-state index in [-0.39, 0.29) is 17.2 Å². The van der Waals surface area contributed by atoms with Gasteiger partial charge in [0, 0.05) is 18.1 Å². The minimum absolute atomic E-state index is 0.0673. The zero-order valence-electron chi connectivity index (χ0n) is 24.1. The lowest BCUT2D eigenvalue weighted by atomic mass is 9.77. The lowest BCUT2D eigenvalue weighted by Gasteiger charge is -2.37. The number of hydrogen-bond acceptors (Lipinski definition) is 3. The summed E-state index contributed by atoms with van der Waals surface area (Å²) in [4.78, 5) is 24.9. The van der Waals surface area contributed by atoms with Gasteiger partial charge in [-0.2, -0.15) is 30.7 Å². The van der Waals surface area contributed by atoms with Gasteiger partial charge in [-0.1, -0.05) is 59.1 Å². The van der Waals surface area contributed by atoms with Crippen LogP contribution in [0.3, 0.4) is 0 Å². The van der Waals surface area contributed by atoms with Gasteiger partial charge in [0.25, 0.3) is 5.91 Å². The Morgan fingerprint density at radius 2 is 1.48 bits per heavy atom. The number of nitrogens with one attached hydrogen (secondary N) is 1. The van der Waals surface area contributed by atoms with E-state index in [9.17, 15) is 49.2 Å². The Kier molecular flexibility index (Phi) is 10.3. The fourth-order valence-electron chi connectivity index (χ4n) is 4.84. The van der Waals surface area contributed by atoms with Crippen molar-refractivity contribution < 1.29 is 63.4 Å². The molecule has 0 aliphatic carbocycles. The molecule has 4 aromatic carbocycles. The first-order valence-corrected chi connectivity index (χ1v) is 13.6. The average molecular weight is 689 g/mol. The fraction of sp³-hybridized carbons (Fsp3) is 0.188. The zero-order valence-corrected chi connectivity index (χ0v) is 24.1. The van der Waals surface area contributed by atoms with E-state index in [2.05, 4.69) is 10.1 Å². The molecular weight excluding hydrogens is 666 g/mol. The molecule has 0 saturated carbocycles. The summed E-state index contributed by atoms with van der Waals surface area (Å²) < 4.78 is 142. The Morgan fingerprint density at radius 1 is 0.812 bits per heavy atom. The van der Waals surface area contributed by atoms with E-state index in [1.165, 1.54) is 42.5 Å². The molecular formula is C32H22F10N2O4. The molecule has 2 amide bonds. The zero-order chi connectivity index (χ0) is 35.4. The minimum atomic E-state index is -5.23. The van der Waals surface area contributed by atoms with Crippen LogP contribution in [0.4, 0.5) is 48.8 Å². The van der Waals surface area contributed by atoms with E-state index in [4.69, 9.17) is 5.11 Å². The number of benzene rings is 4. The van der Waals surface area contributed by atoms with E-state index >= 15 is 4.39 Å². The van der Waals surface area contributed by atoms with Gasteiger partial charge >= 0.3 is 24.8 Å². The van der Waals surface area contributed by atoms with E-state index in [0.717, 1.165) is 6.07 Å². The molecule has 0 saturated heterocycles. The van der Waals surface area contributed by atoms with Crippen LogP contribution in [-0.4, -0.2) is 34.8 Å². The van der Waals surface area contributed by atoms with Gasteiger partial charge in [-0.25, -0.2) is 13.6 Å². The van der Waals surface area contributed by atoms with Gasteiger partial charge in [-0.05, 0) is 52.6 Å². The number of carboxylic acid groups (broad SMARTS) is 1. The lowest BCUT2D eigenvalue weighted by Crippen LogP contribution is -2.49. The third-order valence-corrected chi connectivity index (χ3v) is 6.99. The van der Waals surface area contributed by atoms with Gasteiger partial charge in [-0.3, -0.25) is 4.79 Å². The fourth-order valence-corrected chi connectivity index (χ4v) is 4.84. The molecule has 1 atom stereocenters. The standard InChI is InChI=1S/C32H22F10N2O4/c33-23-13-22(14-24(15-23)48-32(40,41)28(35)36)30(16-18-5-2-1-3-6-18,21-8-4-7-19(11-21)17-44(42)29(46)47)43-27(45)20-9-10-26(34)25(12-20)31(37,38)39/h1-15,28H,16-17H2,(H,43,45)(H,46,47). The molecule has 0 radical (unpaired) electrons. The Balaban J connectivity index is 2.00. The van der Waals surface area contributed by atoms with Crippen molar-refractivity contribution >= 4 is 12.0 Å². The van der Waals surface area contributed by atoms with Crippen molar-refractivity contribution in [3.8, 4) is 5.75 Å². The number of carbonyl (C=O) groups excluding carboxylic acids is 1. The smallest absolute Gasteiger partial charge is 0.461 e. The van der Waals surface area contributed by atoms with Crippen molar-refractivity contribution in [2.24, 2.45) is 0 Å². The number of carbonyl (C=O) groups is 2. The third kappa shape index (κ3) is 8.16. The van der Waals surface area contributed by atoms with E-state index in [0.29, 0.717) is 35.9 Å². The van der Waals surface area contributed by atoms with Crippen LogP contribution in [0.5, 0.6) is 5.75 Å². The highest BCUT2D eigenvalue weighted by atomic mass is 19.4. The first kappa shape index (κ1) is 35.6. The van der Waals surface area contributed by atoms with Crippen LogP contribution in [0.2, 0.25) is 0 Å². The molecule has 4 aromatic rings. The van der Waals surface area contributed by atoms with Crippen molar-refractivity contribution in [1.29, 1.82) is 0 Å². The van der Waals surface area contributed by atoms with Crippen LogP contribution in [0, 0.1) is 11.6 Å². The van der Waals surface area contributed by atoms with Crippen molar-refractivity contribution in [1.82, 2.24) is 10.4 Å². The summed E-state index contributed by atoms with van der Waals surface area (Å²) in [5, 5.41) is 10.9. The number of amides is 2. The highest BCUT2D eigenvalue weighted by Crippen LogP contribution is 2.39. The molecule has 1 unspecified atom stereocenters.